The van der Waals surface area contributed by atoms with Gasteiger partial charge in [-0.3, -0.25) is 9.69 Å². The highest BCUT2D eigenvalue weighted by Gasteiger charge is 2.35. The highest BCUT2D eigenvalue weighted by Crippen LogP contribution is 2.36. The maximum absolute atomic E-state index is 13.2. The minimum atomic E-state index is -0.0719. The number of aliphatic hydroxyl groups excluding tert-OH is 1. The molecule has 6 heteroatoms. The Labute approximate surface area is 174 Å². The Morgan fingerprint density at radius 2 is 1.79 bits per heavy atom. The van der Waals surface area contributed by atoms with Crippen LogP contribution in [0, 0.1) is 5.92 Å². The summed E-state index contributed by atoms with van der Waals surface area (Å²) >= 11 is 5.99. The largest absolute Gasteiger partial charge is 0.462 e. The normalized spacial score (nSPS) is 21.2. The molecule has 0 radical (unpaired) electrons. The summed E-state index contributed by atoms with van der Waals surface area (Å²) in [5, 5.41) is 9.87. The van der Waals surface area contributed by atoms with Crippen LogP contribution in [-0.2, 0) is 19.7 Å². The molecule has 29 heavy (non-hydrogen) atoms. The van der Waals surface area contributed by atoms with Gasteiger partial charge in [0.25, 0.3) is 5.56 Å². The Bertz CT molecular complexity index is 1090. The van der Waals surface area contributed by atoms with E-state index in [9.17, 15) is 9.90 Å². The topological polar surface area (TPSA) is 58.6 Å². The van der Waals surface area contributed by atoms with Gasteiger partial charge in [0.2, 0.25) is 0 Å². The molecular weight excluding hydrogens is 388 g/mol. The van der Waals surface area contributed by atoms with Gasteiger partial charge in [0, 0.05) is 41.8 Å². The smallest absolute Gasteiger partial charge is 0.258 e. The van der Waals surface area contributed by atoms with Crippen molar-refractivity contribution in [2.45, 2.75) is 32.0 Å². The standard InChI is InChI=1S/C23H23ClN2O3/c24-18-3-1-16(2-4-18)21-7-8-22-17-9-15(11-26(22)23(21)28)10-25(12-17)13-19-5-6-20(14-27)29-19/h1-8,15,17,27H,9-14H2/t15-,17+/m0/s1. The first-order valence-corrected chi connectivity index (χ1v) is 10.4. The van der Waals surface area contributed by atoms with Crippen LogP contribution in [0.4, 0.5) is 0 Å². The highest BCUT2D eigenvalue weighted by atomic mass is 35.5. The van der Waals surface area contributed by atoms with Crippen LogP contribution in [0.3, 0.4) is 0 Å². The predicted molar refractivity (Wildman–Crippen MR) is 112 cm³/mol. The lowest BCUT2D eigenvalue weighted by atomic mass is 9.82. The van der Waals surface area contributed by atoms with Crippen LogP contribution in [0.5, 0.6) is 0 Å². The van der Waals surface area contributed by atoms with Crippen molar-refractivity contribution in [3.05, 3.63) is 81.1 Å². The van der Waals surface area contributed by atoms with E-state index in [0.717, 1.165) is 55.2 Å². The van der Waals surface area contributed by atoms with Crippen molar-refractivity contribution in [2.75, 3.05) is 13.1 Å². The van der Waals surface area contributed by atoms with Crippen LogP contribution in [0.25, 0.3) is 11.1 Å². The second-order valence-corrected chi connectivity index (χ2v) is 8.55. The molecule has 0 spiro atoms. The quantitative estimate of drug-likeness (QED) is 0.709. The SMILES string of the molecule is O=c1c(-c2ccc(Cl)cc2)ccc2n1C[C@H]1C[C@@H]2CN(Cc2ccc(CO)o2)C1. The summed E-state index contributed by atoms with van der Waals surface area (Å²) in [6.07, 6.45) is 1.12. The number of piperidine rings is 1. The highest BCUT2D eigenvalue weighted by molar-refractivity contribution is 6.30. The lowest BCUT2D eigenvalue weighted by molar-refractivity contribution is 0.106. The summed E-state index contributed by atoms with van der Waals surface area (Å²) in [6.45, 7) is 3.27. The number of nitrogens with zero attached hydrogens (tertiary/aromatic N) is 2. The molecule has 0 unspecified atom stereocenters. The molecule has 2 bridgehead atoms. The van der Waals surface area contributed by atoms with Gasteiger partial charge in [0.05, 0.1) is 6.54 Å². The minimum absolute atomic E-state index is 0.0719. The average Bonchev–Trinajstić information content (AvgIpc) is 3.17. The predicted octanol–water partition coefficient (Wildman–Crippen LogP) is 3.87. The number of halogens is 1. The Kier molecular flexibility index (Phi) is 4.82. The zero-order chi connectivity index (χ0) is 20.0. The summed E-state index contributed by atoms with van der Waals surface area (Å²) in [5.41, 5.74) is 2.86. The molecule has 0 aliphatic carbocycles. The fourth-order valence-corrected chi connectivity index (χ4v) is 4.96. The molecule has 2 atom stereocenters. The molecule has 1 fully saturated rings. The van der Waals surface area contributed by atoms with E-state index in [2.05, 4.69) is 11.0 Å². The van der Waals surface area contributed by atoms with Crippen LogP contribution >= 0.6 is 11.6 Å². The van der Waals surface area contributed by atoms with Crippen LogP contribution < -0.4 is 5.56 Å². The Morgan fingerprint density at radius 3 is 2.55 bits per heavy atom. The van der Waals surface area contributed by atoms with Gasteiger partial charge in [-0.1, -0.05) is 23.7 Å². The third-order valence-electron chi connectivity index (χ3n) is 6.09. The molecule has 5 nitrogen and oxygen atoms in total. The Morgan fingerprint density at radius 1 is 1.00 bits per heavy atom. The van der Waals surface area contributed by atoms with Gasteiger partial charge < -0.3 is 14.1 Å². The summed E-state index contributed by atoms with van der Waals surface area (Å²) < 4.78 is 7.65. The second kappa shape index (κ2) is 7.48. The molecule has 150 valence electrons. The van der Waals surface area contributed by atoms with Crippen molar-refractivity contribution >= 4 is 11.6 Å². The van der Waals surface area contributed by atoms with Gasteiger partial charge in [-0.15, -0.1) is 0 Å². The number of pyridine rings is 1. The Hall–Kier alpha value is -2.34. The van der Waals surface area contributed by atoms with Crippen molar-refractivity contribution in [2.24, 2.45) is 5.92 Å². The van der Waals surface area contributed by atoms with Crippen molar-refractivity contribution < 1.29 is 9.52 Å². The number of aliphatic hydroxyl groups is 1. The van der Waals surface area contributed by atoms with Gasteiger partial charge in [0.15, 0.2) is 0 Å². The third kappa shape index (κ3) is 3.54. The van der Waals surface area contributed by atoms with E-state index in [0.29, 0.717) is 22.6 Å². The molecule has 2 aliphatic heterocycles. The molecule has 2 aliphatic rings. The first-order valence-electron chi connectivity index (χ1n) is 10.0. The molecular formula is C23H23ClN2O3. The van der Waals surface area contributed by atoms with Gasteiger partial charge in [0.1, 0.15) is 18.1 Å². The van der Waals surface area contributed by atoms with Gasteiger partial charge >= 0.3 is 0 Å². The number of hydrogen-bond donors (Lipinski definition) is 1. The lowest BCUT2D eigenvalue weighted by Gasteiger charge is -2.42. The molecule has 5 rings (SSSR count). The average molecular weight is 411 g/mol. The van der Waals surface area contributed by atoms with Crippen LogP contribution in [0.1, 0.15) is 29.6 Å². The third-order valence-corrected chi connectivity index (χ3v) is 6.34. The van der Waals surface area contributed by atoms with E-state index >= 15 is 0 Å². The van der Waals surface area contributed by atoms with Gasteiger partial charge in [-0.25, -0.2) is 0 Å². The van der Waals surface area contributed by atoms with Crippen molar-refractivity contribution in [1.29, 1.82) is 0 Å². The molecule has 2 aromatic heterocycles. The van der Waals surface area contributed by atoms with Crippen molar-refractivity contribution in [1.82, 2.24) is 9.47 Å². The van der Waals surface area contributed by atoms with E-state index in [4.69, 9.17) is 16.0 Å². The summed E-state index contributed by atoms with van der Waals surface area (Å²) in [6, 6.07) is 15.3. The lowest BCUT2D eigenvalue weighted by Crippen LogP contribution is -2.46. The van der Waals surface area contributed by atoms with Crippen LogP contribution in [0.15, 0.2) is 57.7 Å². The number of benzene rings is 1. The number of likely N-dealkylation sites (tertiary alicyclic amines) is 1. The summed E-state index contributed by atoms with van der Waals surface area (Å²) in [5.74, 6) is 2.28. The summed E-state index contributed by atoms with van der Waals surface area (Å²) in [4.78, 5) is 15.6. The van der Waals surface area contributed by atoms with Gasteiger partial charge in [-0.05, 0) is 54.3 Å². The maximum atomic E-state index is 13.2. The first kappa shape index (κ1) is 18.7. The molecule has 1 N–H and O–H groups in total. The van der Waals surface area contributed by atoms with Crippen LogP contribution in [0.2, 0.25) is 5.02 Å². The molecule has 1 aromatic carbocycles. The van der Waals surface area contributed by atoms with E-state index in [1.54, 1.807) is 0 Å². The van der Waals surface area contributed by atoms with Crippen LogP contribution in [-0.4, -0.2) is 27.7 Å². The van der Waals surface area contributed by atoms with E-state index in [1.807, 2.05) is 47.0 Å². The number of aromatic nitrogens is 1. The minimum Gasteiger partial charge on any atom is -0.462 e. The van der Waals surface area contributed by atoms with E-state index < -0.39 is 0 Å². The summed E-state index contributed by atoms with van der Waals surface area (Å²) in [7, 11) is 0. The molecule has 0 amide bonds. The zero-order valence-corrected chi connectivity index (χ0v) is 16.8. The Balaban J connectivity index is 1.41. The number of furan rings is 1. The van der Waals surface area contributed by atoms with E-state index in [1.165, 1.54) is 0 Å². The molecule has 3 aromatic rings. The van der Waals surface area contributed by atoms with Crippen molar-refractivity contribution in [3.8, 4) is 11.1 Å². The first-order chi connectivity index (χ1) is 14.1. The second-order valence-electron chi connectivity index (χ2n) is 8.11. The number of rotatable bonds is 4. The van der Waals surface area contributed by atoms with Crippen molar-refractivity contribution in [3.63, 3.8) is 0 Å². The fourth-order valence-electron chi connectivity index (χ4n) is 4.84. The number of fused-ring (bicyclic) bond motifs is 4. The fraction of sp³-hybridized carbons (Fsp3) is 0.348. The monoisotopic (exact) mass is 410 g/mol. The molecule has 1 saturated heterocycles. The van der Waals surface area contributed by atoms with E-state index in [-0.39, 0.29) is 12.2 Å². The molecule has 4 heterocycles. The molecule has 0 saturated carbocycles. The van der Waals surface area contributed by atoms with Gasteiger partial charge in [-0.2, -0.15) is 0 Å². The maximum Gasteiger partial charge on any atom is 0.258 e. The zero-order valence-electron chi connectivity index (χ0n) is 16.1. The number of hydrogen-bond acceptors (Lipinski definition) is 4.